The SMILES string of the molecule is Cn1ccnc1[C@H]1OCC[C@@H]1NCc1coc2ccccc12. The normalized spacial score (nSPS) is 21.7. The van der Waals surface area contributed by atoms with Crippen molar-refractivity contribution >= 4 is 11.0 Å². The molecule has 1 fully saturated rings. The Balaban J connectivity index is 1.50. The molecule has 4 rings (SSSR count). The second kappa shape index (κ2) is 5.59. The Hall–Kier alpha value is -2.11. The molecule has 5 heteroatoms. The lowest BCUT2D eigenvalue weighted by atomic mass is 10.1. The molecule has 1 aliphatic heterocycles. The van der Waals surface area contributed by atoms with Crippen LogP contribution in [-0.4, -0.2) is 22.2 Å². The van der Waals surface area contributed by atoms with Crippen LogP contribution in [0.15, 0.2) is 47.3 Å². The minimum atomic E-state index is 0.0122. The van der Waals surface area contributed by atoms with E-state index in [4.69, 9.17) is 9.15 Å². The number of benzene rings is 1. The lowest BCUT2D eigenvalue weighted by molar-refractivity contribution is 0.0893. The third-order valence-electron chi connectivity index (χ3n) is 4.32. The highest BCUT2D eigenvalue weighted by molar-refractivity contribution is 5.80. The van der Waals surface area contributed by atoms with Crippen molar-refractivity contribution in [3.8, 4) is 0 Å². The van der Waals surface area contributed by atoms with E-state index >= 15 is 0 Å². The van der Waals surface area contributed by atoms with E-state index in [9.17, 15) is 0 Å². The van der Waals surface area contributed by atoms with E-state index in [2.05, 4.69) is 16.4 Å². The number of para-hydroxylation sites is 1. The largest absolute Gasteiger partial charge is 0.464 e. The first-order valence-electron chi connectivity index (χ1n) is 7.60. The number of hydrogen-bond donors (Lipinski definition) is 1. The van der Waals surface area contributed by atoms with E-state index in [0.29, 0.717) is 0 Å². The number of aromatic nitrogens is 2. The highest BCUT2D eigenvalue weighted by Crippen LogP contribution is 2.28. The summed E-state index contributed by atoms with van der Waals surface area (Å²) in [4.78, 5) is 4.42. The number of hydrogen-bond acceptors (Lipinski definition) is 4. The van der Waals surface area contributed by atoms with Crippen molar-refractivity contribution in [1.82, 2.24) is 14.9 Å². The summed E-state index contributed by atoms with van der Waals surface area (Å²) in [7, 11) is 2.00. The van der Waals surface area contributed by atoms with Crippen LogP contribution in [-0.2, 0) is 18.3 Å². The van der Waals surface area contributed by atoms with Crippen LogP contribution >= 0.6 is 0 Å². The Kier molecular flexibility index (Phi) is 3.44. The van der Waals surface area contributed by atoms with E-state index < -0.39 is 0 Å². The van der Waals surface area contributed by atoms with Crippen LogP contribution in [0, 0.1) is 0 Å². The number of fused-ring (bicyclic) bond motifs is 1. The van der Waals surface area contributed by atoms with Gasteiger partial charge in [0.15, 0.2) is 0 Å². The standard InChI is InChI=1S/C17H19N3O2/c1-20-8-7-18-17(20)16-14(6-9-21-16)19-10-12-11-22-15-5-3-2-4-13(12)15/h2-5,7-8,11,14,16,19H,6,9-10H2,1H3/t14-,16-/m0/s1. The van der Waals surface area contributed by atoms with Crippen molar-refractivity contribution in [3.63, 3.8) is 0 Å². The Labute approximate surface area is 128 Å². The van der Waals surface area contributed by atoms with Crippen LogP contribution in [0.5, 0.6) is 0 Å². The van der Waals surface area contributed by atoms with Crippen molar-refractivity contribution in [1.29, 1.82) is 0 Å². The highest BCUT2D eigenvalue weighted by atomic mass is 16.5. The summed E-state index contributed by atoms with van der Waals surface area (Å²) in [5.41, 5.74) is 2.11. The molecule has 5 nitrogen and oxygen atoms in total. The van der Waals surface area contributed by atoms with Crippen LogP contribution in [0.3, 0.4) is 0 Å². The van der Waals surface area contributed by atoms with Crippen LogP contribution in [0.25, 0.3) is 11.0 Å². The summed E-state index contributed by atoms with van der Waals surface area (Å²) in [5.74, 6) is 0.979. The molecular weight excluding hydrogens is 278 g/mol. The lowest BCUT2D eigenvalue weighted by Crippen LogP contribution is -2.32. The Morgan fingerprint density at radius 2 is 2.27 bits per heavy atom. The van der Waals surface area contributed by atoms with Gasteiger partial charge in [0.05, 0.1) is 6.26 Å². The van der Waals surface area contributed by atoms with Crippen molar-refractivity contribution < 1.29 is 9.15 Å². The quantitative estimate of drug-likeness (QED) is 0.804. The van der Waals surface area contributed by atoms with E-state index in [1.807, 2.05) is 48.5 Å². The molecule has 1 aliphatic rings. The number of aryl methyl sites for hydroxylation is 1. The fourth-order valence-electron chi connectivity index (χ4n) is 3.12. The zero-order valence-electron chi connectivity index (χ0n) is 12.5. The van der Waals surface area contributed by atoms with Crippen LogP contribution in [0.2, 0.25) is 0 Å². The molecule has 1 saturated heterocycles. The molecule has 1 N–H and O–H groups in total. The van der Waals surface area contributed by atoms with Crippen molar-refractivity contribution in [2.45, 2.75) is 25.1 Å². The Morgan fingerprint density at radius 3 is 3.14 bits per heavy atom. The van der Waals surface area contributed by atoms with Gasteiger partial charge in [0.2, 0.25) is 0 Å². The van der Waals surface area contributed by atoms with E-state index in [0.717, 1.165) is 31.0 Å². The fraction of sp³-hybridized carbons (Fsp3) is 0.353. The van der Waals surface area contributed by atoms with Gasteiger partial charge in [-0.1, -0.05) is 18.2 Å². The zero-order valence-corrected chi connectivity index (χ0v) is 12.5. The van der Waals surface area contributed by atoms with Gasteiger partial charge >= 0.3 is 0 Å². The Bertz CT molecular complexity index is 777. The molecule has 0 bridgehead atoms. The molecule has 2 aromatic heterocycles. The molecule has 3 aromatic rings. The van der Waals surface area contributed by atoms with Gasteiger partial charge in [-0.25, -0.2) is 4.98 Å². The summed E-state index contributed by atoms with van der Waals surface area (Å²) in [6.45, 7) is 1.54. The van der Waals surface area contributed by atoms with Gasteiger partial charge in [-0.3, -0.25) is 0 Å². The molecule has 1 aromatic carbocycles. The van der Waals surface area contributed by atoms with Crippen molar-refractivity contribution in [2.24, 2.45) is 7.05 Å². The maximum atomic E-state index is 5.88. The number of imidazole rings is 1. The topological polar surface area (TPSA) is 52.2 Å². The first-order valence-corrected chi connectivity index (χ1v) is 7.60. The fourth-order valence-corrected chi connectivity index (χ4v) is 3.12. The van der Waals surface area contributed by atoms with Gasteiger partial charge in [0, 0.05) is 49.6 Å². The van der Waals surface area contributed by atoms with Gasteiger partial charge in [-0.2, -0.15) is 0 Å². The van der Waals surface area contributed by atoms with Crippen LogP contribution in [0.1, 0.15) is 23.9 Å². The number of nitrogens with zero attached hydrogens (tertiary/aromatic N) is 2. The summed E-state index contributed by atoms with van der Waals surface area (Å²) >= 11 is 0. The maximum Gasteiger partial charge on any atom is 0.139 e. The van der Waals surface area contributed by atoms with Crippen molar-refractivity contribution in [2.75, 3.05) is 6.61 Å². The molecule has 0 saturated carbocycles. The van der Waals surface area contributed by atoms with Gasteiger partial charge < -0.3 is 19.0 Å². The minimum Gasteiger partial charge on any atom is -0.464 e. The number of rotatable bonds is 4. The molecule has 0 spiro atoms. The molecular formula is C17H19N3O2. The number of furan rings is 1. The van der Waals surface area contributed by atoms with Crippen LogP contribution < -0.4 is 5.32 Å². The molecule has 0 aliphatic carbocycles. The van der Waals surface area contributed by atoms with Crippen molar-refractivity contribution in [3.05, 3.63) is 54.3 Å². The third kappa shape index (κ3) is 2.32. The molecule has 0 unspecified atom stereocenters. The first-order chi connectivity index (χ1) is 10.8. The van der Waals surface area contributed by atoms with E-state index in [1.54, 1.807) is 0 Å². The minimum absolute atomic E-state index is 0.0122. The molecule has 3 heterocycles. The first kappa shape index (κ1) is 13.5. The summed E-state index contributed by atoms with van der Waals surface area (Å²) in [5, 5.41) is 4.77. The molecule has 114 valence electrons. The van der Waals surface area contributed by atoms with Gasteiger partial charge in [0.25, 0.3) is 0 Å². The lowest BCUT2D eigenvalue weighted by Gasteiger charge is -2.19. The summed E-state index contributed by atoms with van der Waals surface area (Å²) in [6.07, 6.45) is 6.62. The third-order valence-corrected chi connectivity index (χ3v) is 4.32. The zero-order chi connectivity index (χ0) is 14.9. The molecule has 2 atom stereocenters. The van der Waals surface area contributed by atoms with Crippen LogP contribution in [0.4, 0.5) is 0 Å². The summed E-state index contributed by atoms with van der Waals surface area (Å²) in [6, 6.07) is 8.39. The predicted octanol–water partition coefficient (Wildman–Crippen LogP) is 2.79. The Morgan fingerprint density at radius 1 is 1.36 bits per heavy atom. The monoisotopic (exact) mass is 297 g/mol. The smallest absolute Gasteiger partial charge is 0.139 e. The van der Waals surface area contributed by atoms with Gasteiger partial charge in [0.1, 0.15) is 17.5 Å². The average molecular weight is 297 g/mol. The number of ether oxygens (including phenoxy) is 1. The average Bonchev–Trinajstić information content (AvgIpc) is 3.24. The number of nitrogens with one attached hydrogen (secondary N) is 1. The molecule has 22 heavy (non-hydrogen) atoms. The summed E-state index contributed by atoms with van der Waals surface area (Å²) < 4.78 is 13.5. The molecule has 0 amide bonds. The van der Waals surface area contributed by atoms with E-state index in [-0.39, 0.29) is 12.1 Å². The second-order valence-electron chi connectivity index (χ2n) is 5.72. The predicted molar refractivity (Wildman–Crippen MR) is 83.4 cm³/mol. The maximum absolute atomic E-state index is 5.88. The molecule has 0 radical (unpaired) electrons. The highest BCUT2D eigenvalue weighted by Gasteiger charge is 2.32. The second-order valence-corrected chi connectivity index (χ2v) is 5.72. The van der Waals surface area contributed by atoms with Gasteiger partial charge in [-0.15, -0.1) is 0 Å². The van der Waals surface area contributed by atoms with Gasteiger partial charge in [-0.05, 0) is 12.5 Å². The van der Waals surface area contributed by atoms with E-state index in [1.165, 1.54) is 10.9 Å².